The van der Waals surface area contributed by atoms with E-state index in [4.69, 9.17) is 23.2 Å². The lowest BCUT2D eigenvalue weighted by atomic mass is 9.90. The van der Waals surface area contributed by atoms with Gasteiger partial charge in [-0.1, -0.05) is 35.7 Å². The number of benzene rings is 3. The largest absolute Gasteiger partial charge is 0.416 e. The van der Waals surface area contributed by atoms with Crippen molar-refractivity contribution in [1.82, 2.24) is 5.32 Å². The highest BCUT2D eigenvalue weighted by Gasteiger charge is 2.31. The predicted octanol–water partition coefficient (Wildman–Crippen LogP) is 6.88. The zero-order valence-corrected chi connectivity index (χ0v) is 17.0. The summed E-state index contributed by atoms with van der Waals surface area (Å²) in [5.74, 6) is 0. The number of aliphatic hydroxyl groups excluding tert-OH is 1. The van der Waals surface area contributed by atoms with Gasteiger partial charge in [0.1, 0.15) is 0 Å². The molecule has 0 aromatic heterocycles. The van der Waals surface area contributed by atoms with Crippen LogP contribution in [0.5, 0.6) is 0 Å². The third-order valence-corrected chi connectivity index (χ3v) is 6.35. The summed E-state index contributed by atoms with van der Waals surface area (Å²) in [4.78, 5) is 0. The van der Waals surface area contributed by atoms with Crippen LogP contribution in [0.1, 0.15) is 42.9 Å². The Morgan fingerprint density at radius 1 is 1.00 bits per heavy atom. The minimum Gasteiger partial charge on any atom is -0.388 e. The SMILES string of the molecule is OC(CC1CCCCN1)c1cc2ccc(C(F)(F)F)cc2c2cc(Cl)c(Cl)cc12. The zero-order chi connectivity index (χ0) is 20.8. The van der Waals surface area contributed by atoms with E-state index in [1.165, 1.54) is 6.07 Å². The molecule has 2 atom stereocenters. The molecular formula is C22H20Cl2F3NO. The summed E-state index contributed by atoms with van der Waals surface area (Å²) in [7, 11) is 0. The summed E-state index contributed by atoms with van der Waals surface area (Å²) in [6.07, 6.45) is -1.45. The first-order valence-electron chi connectivity index (χ1n) is 9.58. The van der Waals surface area contributed by atoms with Gasteiger partial charge < -0.3 is 10.4 Å². The molecule has 0 bridgehead atoms. The molecule has 1 aliphatic rings. The summed E-state index contributed by atoms with van der Waals surface area (Å²) in [5, 5.41) is 17.2. The van der Waals surface area contributed by atoms with Gasteiger partial charge in [-0.3, -0.25) is 0 Å². The van der Waals surface area contributed by atoms with Crippen molar-refractivity contribution in [1.29, 1.82) is 0 Å². The summed E-state index contributed by atoms with van der Waals surface area (Å²) in [5.41, 5.74) is -0.0738. The lowest BCUT2D eigenvalue weighted by Crippen LogP contribution is -2.35. The summed E-state index contributed by atoms with van der Waals surface area (Å²) in [6.45, 7) is 0.928. The lowest BCUT2D eigenvalue weighted by molar-refractivity contribution is -0.137. The molecule has 2 unspecified atom stereocenters. The standard InChI is InChI=1S/C22H20Cl2F3NO/c23-19-10-16-15-8-13(22(25,26)27)5-4-12(15)7-18(17(16)11-20(19)24)21(29)9-14-3-1-2-6-28-14/h4-5,7-8,10-11,14,21,28-29H,1-3,6,9H2. The highest BCUT2D eigenvalue weighted by Crippen LogP contribution is 2.40. The second-order valence-electron chi connectivity index (χ2n) is 7.61. The molecule has 1 fully saturated rings. The number of rotatable bonds is 3. The van der Waals surface area contributed by atoms with E-state index in [9.17, 15) is 18.3 Å². The van der Waals surface area contributed by atoms with Gasteiger partial charge in [-0.05, 0) is 83.2 Å². The van der Waals surface area contributed by atoms with E-state index in [0.717, 1.165) is 37.9 Å². The van der Waals surface area contributed by atoms with Crippen molar-refractivity contribution < 1.29 is 18.3 Å². The third-order valence-electron chi connectivity index (χ3n) is 5.63. The Labute approximate surface area is 176 Å². The summed E-state index contributed by atoms with van der Waals surface area (Å²) in [6, 6.07) is 8.80. The maximum atomic E-state index is 13.2. The maximum Gasteiger partial charge on any atom is 0.416 e. The topological polar surface area (TPSA) is 32.3 Å². The Hall–Kier alpha value is -1.53. The second-order valence-corrected chi connectivity index (χ2v) is 8.42. The van der Waals surface area contributed by atoms with Crippen molar-refractivity contribution in [2.75, 3.05) is 6.54 Å². The van der Waals surface area contributed by atoms with Gasteiger partial charge in [-0.25, -0.2) is 0 Å². The Morgan fingerprint density at radius 2 is 1.72 bits per heavy atom. The first kappa shape index (κ1) is 20.7. The van der Waals surface area contributed by atoms with Crippen LogP contribution >= 0.6 is 23.2 Å². The Balaban J connectivity index is 1.88. The van der Waals surface area contributed by atoms with Crippen molar-refractivity contribution in [2.45, 2.75) is 44.0 Å². The highest BCUT2D eigenvalue weighted by molar-refractivity contribution is 6.43. The maximum absolute atomic E-state index is 13.2. The molecule has 2 nitrogen and oxygen atoms in total. The van der Waals surface area contributed by atoms with Gasteiger partial charge in [0.25, 0.3) is 0 Å². The number of hydrogen-bond donors (Lipinski definition) is 2. The van der Waals surface area contributed by atoms with Crippen molar-refractivity contribution in [3.8, 4) is 0 Å². The molecule has 29 heavy (non-hydrogen) atoms. The van der Waals surface area contributed by atoms with E-state index in [1.807, 2.05) is 0 Å². The van der Waals surface area contributed by atoms with Crippen molar-refractivity contribution >= 4 is 44.7 Å². The predicted molar refractivity (Wildman–Crippen MR) is 112 cm³/mol. The van der Waals surface area contributed by atoms with E-state index in [1.54, 1.807) is 18.2 Å². The molecule has 2 N–H and O–H groups in total. The molecule has 7 heteroatoms. The molecule has 0 amide bonds. The number of fused-ring (bicyclic) bond motifs is 3. The van der Waals surface area contributed by atoms with Gasteiger partial charge >= 0.3 is 6.18 Å². The van der Waals surface area contributed by atoms with E-state index in [-0.39, 0.29) is 11.1 Å². The Morgan fingerprint density at radius 3 is 2.38 bits per heavy atom. The van der Waals surface area contributed by atoms with Gasteiger partial charge in [-0.2, -0.15) is 13.2 Å². The highest BCUT2D eigenvalue weighted by atomic mass is 35.5. The van der Waals surface area contributed by atoms with Crippen LogP contribution in [0.15, 0.2) is 36.4 Å². The molecule has 0 saturated carbocycles. The van der Waals surface area contributed by atoms with Gasteiger partial charge in [0, 0.05) is 6.04 Å². The van der Waals surface area contributed by atoms with Gasteiger partial charge in [0.05, 0.1) is 21.7 Å². The van der Waals surface area contributed by atoms with Crippen molar-refractivity contribution in [3.63, 3.8) is 0 Å². The van der Waals surface area contributed by atoms with Crippen LogP contribution in [-0.2, 0) is 6.18 Å². The van der Waals surface area contributed by atoms with Crippen LogP contribution in [-0.4, -0.2) is 17.7 Å². The molecule has 1 heterocycles. The fourth-order valence-corrected chi connectivity index (χ4v) is 4.47. The smallest absolute Gasteiger partial charge is 0.388 e. The zero-order valence-electron chi connectivity index (χ0n) is 15.5. The first-order chi connectivity index (χ1) is 13.7. The monoisotopic (exact) mass is 441 g/mol. The minimum absolute atomic E-state index is 0.208. The second kappa shape index (κ2) is 7.95. The molecule has 0 spiro atoms. The average Bonchev–Trinajstić information content (AvgIpc) is 2.68. The third kappa shape index (κ3) is 4.19. The summed E-state index contributed by atoms with van der Waals surface area (Å²) < 4.78 is 39.7. The molecule has 4 rings (SSSR count). The summed E-state index contributed by atoms with van der Waals surface area (Å²) >= 11 is 12.4. The number of piperidine rings is 1. The van der Waals surface area contributed by atoms with Gasteiger partial charge in [-0.15, -0.1) is 0 Å². The van der Waals surface area contributed by atoms with E-state index >= 15 is 0 Å². The number of hydrogen-bond acceptors (Lipinski definition) is 2. The molecule has 0 radical (unpaired) electrons. The molecule has 1 aliphatic heterocycles. The van der Waals surface area contributed by atoms with E-state index in [0.29, 0.717) is 38.6 Å². The van der Waals surface area contributed by atoms with Crippen LogP contribution in [0, 0.1) is 0 Å². The molecule has 3 aromatic rings. The molecular weight excluding hydrogens is 422 g/mol. The Kier molecular flexibility index (Phi) is 5.68. The average molecular weight is 442 g/mol. The molecule has 1 saturated heterocycles. The molecule has 154 valence electrons. The van der Waals surface area contributed by atoms with Gasteiger partial charge in [0.2, 0.25) is 0 Å². The minimum atomic E-state index is -4.44. The molecule has 0 aliphatic carbocycles. The lowest BCUT2D eigenvalue weighted by Gasteiger charge is -2.26. The number of alkyl halides is 3. The molecule has 3 aromatic carbocycles. The first-order valence-corrected chi connectivity index (χ1v) is 10.3. The number of nitrogens with one attached hydrogen (secondary N) is 1. The van der Waals surface area contributed by atoms with E-state index < -0.39 is 17.8 Å². The fourth-order valence-electron chi connectivity index (χ4n) is 4.14. The van der Waals surface area contributed by atoms with Crippen LogP contribution in [0.25, 0.3) is 21.5 Å². The fraction of sp³-hybridized carbons (Fsp3) is 0.364. The number of aliphatic hydroxyl groups is 1. The quantitative estimate of drug-likeness (QED) is 0.433. The van der Waals surface area contributed by atoms with Gasteiger partial charge in [0.15, 0.2) is 0 Å². The van der Waals surface area contributed by atoms with Crippen LogP contribution < -0.4 is 5.32 Å². The Bertz CT molecular complexity index is 1060. The van der Waals surface area contributed by atoms with Crippen molar-refractivity contribution in [2.24, 2.45) is 0 Å². The van der Waals surface area contributed by atoms with Crippen LogP contribution in [0.3, 0.4) is 0 Å². The van der Waals surface area contributed by atoms with Crippen molar-refractivity contribution in [3.05, 3.63) is 57.6 Å². The van der Waals surface area contributed by atoms with E-state index in [2.05, 4.69) is 5.32 Å². The number of halogens is 5. The normalized spacial score (nSPS) is 19.0. The van der Waals surface area contributed by atoms with Crippen LogP contribution in [0.4, 0.5) is 13.2 Å². The van der Waals surface area contributed by atoms with Crippen LogP contribution in [0.2, 0.25) is 10.0 Å².